The molecule has 1 saturated heterocycles. The van der Waals surface area contributed by atoms with Crippen LogP contribution in [0.5, 0.6) is 5.75 Å². The maximum absolute atomic E-state index is 12.8. The Kier molecular flexibility index (Phi) is 6.13. The molecule has 0 radical (unpaired) electrons. The zero-order chi connectivity index (χ0) is 19.4. The number of fused-ring (bicyclic) bond motifs is 1. The largest absolute Gasteiger partial charge is 0.496 e. The van der Waals surface area contributed by atoms with Gasteiger partial charge in [-0.1, -0.05) is 54.3 Å². The Morgan fingerprint density at radius 3 is 2.74 bits per heavy atom. The summed E-state index contributed by atoms with van der Waals surface area (Å²) in [5.41, 5.74) is 0.852. The van der Waals surface area contributed by atoms with Crippen LogP contribution >= 0.6 is 24.0 Å². The lowest BCUT2D eigenvalue weighted by Crippen LogP contribution is -2.29. The molecule has 1 aliphatic heterocycles. The molecule has 0 spiro atoms. The number of carbonyl (C=O) groups is 2. The lowest BCUT2D eigenvalue weighted by molar-refractivity contribution is -0.141. The number of ether oxygens (including phenoxy) is 2. The number of rotatable bonds is 6. The van der Waals surface area contributed by atoms with Crippen LogP contribution < -0.4 is 4.74 Å². The molecule has 0 saturated carbocycles. The van der Waals surface area contributed by atoms with E-state index >= 15 is 0 Å². The molecule has 5 nitrogen and oxygen atoms in total. The van der Waals surface area contributed by atoms with E-state index < -0.39 is 0 Å². The fourth-order valence-corrected chi connectivity index (χ4v) is 4.20. The van der Waals surface area contributed by atoms with Gasteiger partial charge in [-0.25, -0.2) is 0 Å². The van der Waals surface area contributed by atoms with E-state index in [0.29, 0.717) is 27.9 Å². The number of carbonyl (C=O) groups excluding carboxylic acids is 2. The van der Waals surface area contributed by atoms with Crippen LogP contribution in [-0.2, 0) is 14.3 Å². The van der Waals surface area contributed by atoms with Crippen LogP contribution in [0.1, 0.15) is 18.4 Å². The van der Waals surface area contributed by atoms with Crippen LogP contribution in [0, 0.1) is 0 Å². The van der Waals surface area contributed by atoms with Gasteiger partial charge in [-0.15, -0.1) is 0 Å². The Morgan fingerprint density at radius 2 is 2.00 bits per heavy atom. The number of methoxy groups -OCH3 is 2. The standard InChI is InChI=1S/C20H19NO4S2/c1-24-16-10-9-13-6-3-4-7-14(13)15(16)12-17-19(23)21(20(26)27-17)11-5-8-18(22)25-2/h3-4,6-7,9-10,12H,5,8,11H2,1-2H3/b17-12-. The summed E-state index contributed by atoms with van der Waals surface area (Å²) in [4.78, 5) is 26.1. The van der Waals surface area contributed by atoms with Gasteiger partial charge < -0.3 is 9.47 Å². The summed E-state index contributed by atoms with van der Waals surface area (Å²) >= 11 is 6.62. The van der Waals surface area contributed by atoms with Crippen molar-refractivity contribution in [2.75, 3.05) is 20.8 Å². The van der Waals surface area contributed by atoms with Crippen molar-refractivity contribution in [1.82, 2.24) is 4.90 Å². The molecule has 0 unspecified atom stereocenters. The normalized spacial score (nSPS) is 15.6. The average molecular weight is 402 g/mol. The summed E-state index contributed by atoms with van der Waals surface area (Å²) in [7, 11) is 2.96. The van der Waals surface area contributed by atoms with E-state index in [0.717, 1.165) is 16.3 Å². The Balaban J connectivity index is 1.88. The maximum atomic E-state index is 12.8. The first-order chi connectivity index (χ1) is 13.0. The van der Waals surface area contributed by atoms with Gasteiger partial charge in [-0.3, -0.25) is 14.5 Å². The minimum atomic E-state index is -0.295. The molecule has 2 aromatic rings. The third kappa shape index (κ3) is 4.14. The van der Waals surface area contributed by atoms with Crippen molar-refractivity contribution in [3.8, 4) is 5.75 Å². The van der Waals surface area contributed by atoms with Crippen molar-refractivity contribution in [3.05, 3.63) is 46.9 Å². The van der Waals surface area contributed by atoms with Gasteiger partial charge in [0.25, 0.3) is 5.91 Å². The van der Waals surface area contributed by atoms with Crippen LogP contribution in [0.3, 0.4) is 0 Å². The number of hydrogen-bond donors (Lipinski definition) is 0. The van der Waals surface area contributed by atoms with E-state index in [1.54, 1.807) is 7.11 Å². The zero-order valence-electron chi connectivity index (χ0n) is 15.1. The molecule has 0 bridgehead atoms. The number of thiocarbonyl (C=S) groups is 1. The molecule has 2 aromatic carbocycles. The third-order valence-electron chi connectivity index (χ3n) is 4.29. The van der Waals surface area contributed by atoms with Crippen molar-refractivity contribution in [1.29, 1.82) is 0 Å². The molecule has 0 aromatic heterocycles. The first-order valence-corrected chi connectivity index (χ1v) is 9.65. The molecule has 3 rings (SSSR count). The second-order valence-corrected chi connectivity index (χ2v) is 7.59. The smallest absolute Gasteiger partial charge is 0.305 e. The van der Waals surface area contributed by atoms with E-state index in [4.69, 9.17) is 17.0 Å². The van der Waals surface area contributed by atoms with Crippen molar-refractivity contribution in [2.45, 2.75) is 12.8 Å². The van der Waals surface area contributed by atoms with Gasteiger partial charge >= 0.3 is 5.97 Å². The fraction of sp³-hybridized carbons (Fsp3) is 0.250. The molecule has 0 N–H and O–H groups in total. The number of benzene rings is 2. The van der Waals surface area contributed by atoms with E-state index in [9.17, 15) is 9.59 Å². The summed E-state index contributed by atoms with van der Waals surface area (Å²) in [5.74, 6) is 0.256. The van der Waals surface area contributed by atoms with E-state index in [2.05, 4.69) is 4.74 Å². The SMILES string of the molecule is COC(=O)CCCN1C(=O)/C(=C/c2c(OC)ccc3ccccc23)SC1=S. The Morgan fingerprint density at radius 1 is 1.22 bits per heavy atom. The summed E-state index contributed by atoms with van der Waals surface area (Å²) < 4.78 is 10.6. The van der Waals surface area contributed by atoms with Gasteiger partial charge in [-0.05, 0) is 29.3 Å². The molecular weight excluding hydrogens is 382 g/mol. The van der Waals surface area contributed by atoms with Gasteiger partial charge in [0.05, 0.1) is 19.1 Å². The number of nitrogens with zero attached hydrogens (tertiary/aromatic N) is 1. The van der Waals surface area contributed by atoms with Crippen LogP contribution in [0.4, 0.5) is 0 Å². The van der Waals surface area contributed by atoms with Gasteiger partial charge in [0.1, 0.15) is 10.1 Å². The second-order valence-electron chi connectivity index (χ2n) is 5.92. The molecular formula is C20H19NO4S2. The maximum Gasteiger partial charge on any atom is 0.305 e. The lowest BCUT2D eigenvalue weighted by Gasteiger charge is -2.13. The average Bonchev–Trinajstić information content (AvgIpc) is 2.95. The molecule has 27 heavy (non-hydrogen) atoms. The number of esters is 1. The number of hydrogen-bond acceptors (Lipinski definition) is 6. The highest BCUT2D eigenvalue weighted by atomic mass is 32.2. The quantitative estimate of drug-likeness (QED) is 0.414. The minimum Gasteiger partial charge on any atom is -0.496 e. The van der Waals surface area contributed by atoms with Gasteiger partial charge in [0.2, 0.25) is 0 Å². The van der Waals surface area contributed by atoms with Crippen molar-refractivity contribution in [2.24, 2.45) is 0 Å². The predicted molar refractivity (Wildman–Crippen MR) is 112 cm³/mol. The first-order valence-electron chi connectivity index (χ1n) is 8.43. The van der Waals surface area contributed by atoms with Crippen LogP contribution in [0.2, 0.25) is 0 Å². The molecule has 0 atom stereocenters. The predicted octanol–water partition coefficient (Wildman–Crippen LogP) is 4.00. The molecule has 1 heterocycles. The van der Waals surface area contributed by atoms with Gasteiger partial charge in [-0.2, -0.15) is 0 Å². The zero-order valence-corrected chi connectivity index (χ0v) is 16.7. The Hall–Kier alpha value is -2.38. The van der Waals surface area contributed by atoms with Crippen LogP contribution in [-0.4, -0.2) is 41.9 Å². The van der Waals surface area contributed by atoms with E-state index in [1.165, 1.54) is 23.8 Å². The van der Waals surface area contributed by atoms with Crippen LogP contribution in [0.25, 0.3) is 16.8 Å². The summed E-state index contributed by atoms with van der Waals surface area (Å²) in [6.07, 6.45) is 2.59. The summed E-state index contributed by atoms with van der Waals surface area (Å²) in [6.45, 7) is 0.393. The highest BCUT2D eigenvalue weighted by molar-refractivity contribution is 8.26. The minimum absolute atomic E-state index is 0.148. The fourth-order valence-electron chi connectivity index (χ4n) is 2.91. The monoisotopic (exact) mass is 401 g/mol. The number of thioether (sulfide) groups is 1. The summed E-state index contributed by atoms with van der Waals surface area (Å²) in [5, 5.41) is 2.07. The topological polar surface area (TPSA) is 55.8 Å². The molecule has 0 aliphatic carbocycles. The summed E-state index contributed by atoms with van der Waals surface area (Å²) in [6, 6.07) is 11.8. The lowest BCUT2D eigenvalue weighted by atomic mass is 10.0. The van der Waals surface area contributed by atoms with Crippen molar-refractivity contribution < 1.29 is 19.1 Å². The van der Waals surface area contributed by atoms with Crippen molar-refractivity contribution in [3.63, 3.8) is 0 Å². The third-order valence-corrected chi connectivity index (χ3v) is 5.67. The van der Waals surface area contributed by atoms with Gasteiger partial charge in [0, 0.05) is 18.5 Å². The molecule has 1 amide bonds. The molecule has 7 heteroatoms. The van der Waals surface area contributed by atoms with Crippen molar-refractivity contribution >= 4 is 57.0 Å². The van der Waals surface area contributed by atoms with Gasteiger partial charge in [0.15, 0.2) is 0 Å². The first kappa shape index (κ1) is 19.4. The van der Waals surface area contributed by atoms with Crippen LogP contribution in [0.15, 0.2) is 41.3 Å². The van der Waals surface area contributed by atoms with E-state index in [-0.39, 0.29) is 18.3 Å². The Bertz CT molecular complexity index is 939. The van der Waals surface area contributed by atoms with E-state index in [1.807, 2.05) is 42.5 Å². The molecule has 1 aliphatic rings. The Labute approximate surface area is 167 Å². The second kappa shape index (κ2) is 8.54. The highest BCUT2D eigenvalue weighted by Crippen LogP contribution is 2.36. The molecule has 140 valence electrons. The highest BCUT2D eigenvalue weighted by Gasteiger charge is 2.32. The number of amides is 1. The molecule has 1 fully saturated rings.